The van der Waals surface area contributed by atoms with E-state index in [4.69, 9.17) is 5.73 Å². The molecule has 3 N–H and O–H groups in total. The minimum absolute atomic E-state index is 0.0309. The highest BCUT2D eigenvalue weighted by Gasteiger charge is 2.16. The molecule has 90 valence electrons. The fourth-order valence-electron chi connectivity index (χ4n) is 1.67. The maximum atomic E-state index is 10.0. The van der Waals surface area contributed by atoms with Crippen LogP contribution in [0.25, 0.3) is 5.69 Å². The van der Waals surface area contributed by atoms with Crippen LogP contribution in [0.15, 0.2) is 42.7 Å². The quantitative estimate of drug-likeness (QED) is 0.838. The summed E-state index contributed by atoms with van der Waals surface area (Å²) in [4.78, 5) is 0. The van der Waals surface area contributed by atoms with E-state index in [1.54, 1.807) is 10.9 Å². The molecule has 0 radical (unpaired) electrons. The van der Waals surface area contributed by atoms with Gasteiger partial charge in [-0.25, -0.2) is 4.68 Å². The monoisotopic (exact) mass is 231 g/mol. The Labute approximate surface area is 101 Å². The molecule has 0 fully saturated rings. The summed E-state index contributed by atoms with van der Waals surface area (Å²) in [5.41, 5.74) is 7.32. The molecule has 2 rings (SSSR count). The molecular weight excluding hydrogens is 214 g/mol. The number of hydrogen-bond donors (Lipinski definition) is 2. The molecule has 0 aliphatic heterocycles. The summed E-state index contributed by atoms with van der Waals surface area (Å²) in [6.07, 6.45) is 2.97. The molecule has 2 unspecified atom stereocenters. The smallest absolute Gasteiger partial charge is 0.0858 e. The third kappa shape index (κ3) is 2.54. The van der Waals surface area contributed by atoms with Gasteiger partial charge in [-0.15, -0.1) is 0 Å². The molecule has 1 aromatic heterocycles. The summed E-state index contributed by atoms with van der Waals surface area (Å²) in [5.74, 6) is 0.0309. The van der Waals surface area contributed by atoms with Gasteiger partial charge in [-0.2, -0.15) is 5.10 Å². The van der Waals surface area contributed by atoms with Crippen molar-refractivity contribution >= 4 is 0 Å². The first-order valence-corrected chi connectivity index (χ1v) is 5.70. The SMILES string of the molecule is CC(CN)C(O)c1cnn(-c2ccccc2)c1. The molecule has 1 aromatic carbocycles. The zero-order valence-corrected chi connectivity index (χ0v) is 9.82. The average molecular weight is 231 g/mol. The van der Waals surface area contributed by atoms with E-state index in [9.17, 15) is 5.11 Å². The number of benzene rings is 1. The number of rotatable bonds is 4. The second-order valence-corrected chi connectivity index (χ2v) is 4.21. The lowest BCUT2D eigenvalue weighted by atomic mass is 10.0. The Balaban J connectivity index is 2.22. The Bertz CT molecular complexity index is 467. The van der Waals surface area contributed by atoms with Crippen molar-refractivity contribution in [3.63, 3.8) is 0 Å². The van der Waals surface area contributed by atoms with Gasteiger partial charge in [-0.1, -0.05) is 25.1 Å². The summed E-state index contributed by atoms with van der Waals surface area (Å²) in [5, 5.41) is 14.3. The summed E-state index contributed by atoms with van der Waals surface area (Å²) < 4.78 is 1.75. The second-order valence-electron chi connectivity index (χ2n) is 4.21. The first-order valence-electron chi connectivity index (χ1n) is 5.70. The van der Waals surface area contributed by atoms with Crippen LogP contribution in [0.3, 0.4) is 0 Å². The minimum Gasteiger partial charge on any atom is -0.388 e. The Hall–Kier alpha value is -1.65. The van der Waals surface area contributed by atoms with Gasteiger partial charge in [0.1, 0.15) is 0 Å². The van der Waals surface area contributed by atoms with E-state index in [0.717, 1.165) is 11.3 Å². The lowest BCUT2D eigenvalue weighted by Gasteiger charge is -2.14. The Morgan fingerprint density at radius 2 is 2.06 bits per heavy atom. The lowest BCUT2D eigenvalue weighted by Crippen LogP contribution is -2.18. The second kappa shape index (κ2) is 5.12. The number of para-hydroxylation sites is 1. The maximum Gasteiger partial charge on any atom is 0.0858 e. The molecule has 2 aromatic rings. The van der Waals surface area contributed by atoms with Crippen LogP contribution >= 0.6 is 0 Å². The van der Waals surface area contributed by atoms with Crippen molar-refractivity contribution in [2.75, 3.05) is 6.54 Å². The van der Waals surface area contributed by atoms with E-state index in [-0.39, 0.29) is 5.92 Å². The molecule has 4 nitrogen and oxygen atoms in total. The predicted molar refractivity (Wildman–Crippen MR) is 66.7 cm³/mol. The number of aliphatic hydroxyl groups is 1. The van der Waals surface area contributed by atoms with Gasteiger partial charge in [0, 0.05) is 11.8 Å². The topological polar surface area (TPSA) is 64.1 Å². The molecule has 0 aliphatic carbocycles. The van der Waals surface area contributed by atoms with Crippen LogP contribution < -0.4 is 5.73 Å². The van der Waals surface area contributed by atoms with Crippen LogP contribution in [0.5, 0.6) is 0 Å². The van der Waals surface area contributed by atoms with Crippen molar-refractivity contribution < 1.29 is 5.11 Å². The van der Waals surface area contributed by atoms with Crippen LogP contribution in [0.4, 0.5) is 0 Å². The highest BCUT2D eigenvalue weighted by Crippen LogP contribution is 2.21. The molecule has 1 heterocycles. The van der Waals surface area contributed by atoms with Crippen LogP contribution in [0, 0.1) is 5.92 Å². The van der Waals surface area contributed by atoms with Crippen LogP contribution in [-0.4, -0.2) is 21.4 Å². The normalized spacial score (nSPS) is 14.5. The number of nitrogens with two attached hydrogens (primary N) is 1. The van der Waals surface area contributed by atoms with Gasteiger partial charge in [0.05, 0.1) is 18.0 Å². The van der Waals surface area contributed by atoms with E-state index in [0.29, 0.717) is 6.54 Å². The van der Waals surface area contributed by atoms with Crippen LogP contribution in [0.2, 0.25) is 0 Å². The van der Waals surface area contributed by atoms with Gasteiger partial charge in [0.15, 0.2) is 0 Å². The zero-order chi connectivity index (χ0) is 12.3. The summed E-state index contributed by atoms with van der Waals surface area (Å²) in [7, 11) is 0. The highest BCUT2D eigenvalue weighted by molar-refractivity contribution is 5.31. The number of aliphatic hydroxyl groups excluding tert-OH is 1. The number of hydrogen-bond acceptors (Lipinski definition) is 3. The third-order valence-corrected chi connectivity index (χ3v) is 2.88. The zero-order valence-electron chi connectivity index (χ0n) is 9.82. The number of aromatic nitrogens is 2. The van der Waals surface area contributed by atoms with E-state index in [1.807, 2.05) is 43.5 Å². The average Bonchev–Trinajstić information content (AvgIpc) is 2.87. The van der Waals surface area contributed by atoms with Gasteiger partial charge < -0.3 is 10.8 Å². The molecule has 0 saturated heterocycles. The first kappa shape index (κ1) is 11.8. The lowest BCUT2D eigenvalue weighted by molar-refractivity contribution is 0.121. The molecule has 0 saturated carbocycles. The minimum atomic E-state index is -0.558. The molecule has 0 aliphatic rings. The van der Waals surface area contributed by atoms with Crippen molar-refractivity contribution in [3.8, 4) is 5.69 Å². The fourth-order valence-corrected chi connectivity index (χ4v) is 1.67. The van der Waals surface area contributed by atoms with E-state index >= 15 is 0 Å². The van der Waals surface area contributed by atoms with Crippen molar-refractivity contribution in [1.29, 1.82) is 0 Å². The van der Waals surface area contributed by atoms with Crippen LogP contribution in [-0.2, 0) is 0 Å². The van der Waals surface area contributed by atoms with E-state index < -0.39 is 6.10 Å². The molecule has 0 spiro atoms. The van der Waals surface area contributed by atoms with Gasteiger partial charge in [-0.3, -0.25) is 0 Å². The number of nitrogens with zero attached hydrogens (tertiary/aromatic N) is 2. The third-order valence-electron chi connectivity index (χ3n) is 2.88. The van der Waals surface area contributed by atoms with Crippen LogP contribution in [0.1, 0.15) is 18.6 Å². The Kier molecular flexibility index (Phi) is 3.56. The summed E-state index contributed by atoms with van der Waals surface area (Å²) in [6.45, 7) is 2.38. The van der Waals surface area contributed by atoms with Gasteiger partial charge in [0.2, 0.25) is 0 Å². The van der Waals surface area contributed by atoms with Gasteiger partial charge in [0.25, 0.3) is 0 Å². The maximum absolute atomic E-state index is 10.0. The highest BCUT2D eigenvalue weighted by atomic mass is 16.3. The van der Waals surface area contributed by atoms with Crippen molar-refractivity contribution in [2.24, 2.45) is 11.7 Å². The standard InChI is InChI=1S/C13H17N3O/c1-10(7-14)13(17)11-8-15-16(9-11)12-5-3-2-4-6-12/h2-6,8-10,13,17H,7,14H2,1H3. The molecule has 4 heteroatoms. The molecule has 2 atom stereocenters. The summed E-state index contributed by atoms with van der Waals surface area (Å²) in [6, 6.07) is 9.80. The van der Waals surface area contributed by atoms with E-state index in [2.05, 4.69) is 5.10 Å². The van der Waals surface area contributed by atoms with E-state index in [1.165, 1.54) is 0 Å². The predicted octanol–water partition coefficient (Wildman–Crippen LogP) is 1.50. The molecular formula is C13H17N3O. The molecule has 0 amide bonds. The Morgan fingerprint density at radius 1 is 1.35 bits per heavy atom. The molecule has 0 bridgehead atoms. The van der Waals surface area contributed by atoms with Crippen molar-refractivity contribution in [3.05, 3.63) is 48.3 Å². The van der Waals surface area contributed by atoms with Gasteiger partial charge in [-0.05, 0) is 24.6 Å². The van der Waals surface area contributed by atoms with Crippen molar-refractivity contribution in [1.82, 2.24) is 9.78 Å². The largest absolute Gasteiger partial charge is 0.388 e. The summed E-state index contributed by atoms with van der Waals surface area (Å²) >= 11 is 0. The van der Waals surface area contributed by atoms with Gasteiger partial charge >= 0.3 is 0 Å². The van der Waals surface area contributed by atoms with Crippen molar-refractivity contribution in [2.45, 2.75) is 13.0 Å². The Morgan fingerprint density at radius 3 is 2.71 bits per heavy atom. The first-order chi connectivity index (χ1) is 8.22. The molecule has 17 heavy (non-hydrogen) atoms. The fraction of sp³-hybridized carbons (Fsp3) is 0.308.